The number of pyridine rings is 1. The van der Waals surface area contributed by atoms with Gasteiger partial charge in [-0.3, -0.25) is 19.5 Å². The number of aryl methyl sites for hydroxylation is 1. The van der Waals surface area contributed by atoms with Crippen LogP contribution in [-0.4, -0.2) is 58.5 Å². The second-order valence-corrected chi connectivity index (χ2v) is 8.34. The first-order chi connectivity index (χ1) is 15.4. The van der Waals surface area contributed by atoms with Crippen LogP contribution in [0.3, 0.4) is 0 Å². The van der Waals surface area contributed by atoms with Crippen LogP contribution in [0.25, 0.3) is 0 Å². The van der Waals surface area contributed by atoms with Crippen molar-refractivity contribution in [1.29, 1.82) is 0 Å². The molecule has 0 spiro atoms. The average molecular weight is 466 g/mol. The minimum absolute atomic E-state index is 0.161. The lowest BCUT2D eigenvalue weighted by Crippen LogP contribution is -2.54. The molecule has 1 saturated heterocycles. The van der Waals surface area contributed by atoms with Crippen molar-refractivity contribution < 1.29 is 27.2 Å². The van der Waals surface area contributed by atoms with Crippen LogP contribution < -0.4 is 5.32 Å². The third-order valence-corrected chi connectivity index (χ3v) is 5.68. The number of carbonyl (C=O) groups excluding carboxylic acids is 2. The lowest BCUT2D eigenvalue weighted by atomic mass is 10.0. The second-order valence-electron chi connectivity index (χ2n) is 8.34. The Kier molecular flexibility index (Phi) is 7.36. The molecular formula is C23H26F4N4O2. The normalized spacial score (nSPS) is 17.2. The maximum atomic E-state index is 14.3. The molecule has 1 unspecified atom stereocenters. The summed E-state index contributed by atoms with van der Waals surface area (Å²) >= 11 is 0. The van der Waals surface area contributed by atoms with E-state index in [-0.39, 0.29) is 6.54 Å². The summed E-state index contributed by atoms with van der Waals surface area (Å²) in [5.74, 6) is -1.86. The number of hydrogen-bond acceptors (Lipinski definition) is 4. The molecule has 6 nitrogen and oxygen atoms in total. The van der Waals surface area contributed by atoms with Gasteiger partial charge in [-0.15, -0.1) is 0 Å². The van der Waals surface area contributed by atoms with E-state index in [4.69, 9.17) is 0 Å². The van der Waals surface area contributed by atoms with Crippen LogP contribution in [0.15, 0.2) is 30.5 Å². The van der Waals surface area contributed by atoms with E-state index in [2.05, 4.69) is 10.3 Å². The topological polar surface area (TPSA) is 65.5 Å². The fourth-order valence-corrected chi connectivity index (χ4v) is 3.89. The summed E-state index contributed by atoms with van der Waals surface area (Å²) in [6, 6.07) is 5.56. The molecule has 1 aromatic carbocycles. The molecule has 0 radical (unpaired) electrons. The smallest absolute Gasteiger partial charge is 0.337 e. The van der Waals surface area contributed by atoms with Crippen LogP contribution in [0.5, 0.6) is 0 Å². The zero-order chi connectivity index (χ0) is 24.3. The largest absolute Gasteiger partial charge is 0.397 e. The minimum atomic E-state index is -4.54. The highest BCUT2D eigenvalue weighted by Crippen LogP contribution is 2.26. The van der Waals surface area contributed by atoms with Crippen molar-refractivity contribution >= 4 is 17.5 Å². The standard InChI is InChI=1S/C23H26F4N4O2/c1-14-4-5-17(11-28-14)22(33)29-20-9-19(24)8-18(16(20)3)13-30-6-7-31(15(2)12-30)21(32)10-23(25,26)27/h4-5,8-9,11,15H,6-7,10,12-13H2,1-3H3,(H,29,33). The highest BCUT2D eigenvalue weighted by Gasteiger charge is 2.36. The molecule has 1 N–H and O–H groups in total. The van der Waals surface area contributed by atoms with E-state index in [1.807, 2.05) is 4.90 Å². The molecule has 1 fully saturated rings. The number of anilines is 1. The molecule has 1 atom stereocenters. The van der Waals surface area contributed by atoms with E-state index in [0.29, 0.717) is 42.0 Å². The molecule has 1 aliphatic rings. The van der Waals surface area contributed by atoms with Crippen molar-refractivity contribution in [3.05, 3.63) is 58.7 Å². The van der Waals surface area contributed by atoms with Gasteiger partial charge in [-0.05, 0) is 56.2 Å². The Hall–Kier alpha value is -3.01. The first-order valence-electron chi connectivity index (χ1n) is 10.5. The third kappa shape index (κ3) is 6.50. The monoisotopic (exact) mass is 466 g/mol. The number of alkyl halides is 3. The van der Waals surface area contributed by atoms with Crippen molar-refractivity contribution in [3.8, 4) is 0 Å². The number of halogens is 4. The Morgan fingerprint density at radius 3 is 2.52 bits per heavy atom. The van der Waals surface area contributed by atoms with E-state index in [9.17, 15) is 27.2 Å². The number of aromatic nitrogens is 1. The van der Waals surface area contributed by atoms with Gasteiger partial charge < -0.3 is 10.2 Å². The number of piperazine rings is 1. The average Bonchev–Trinajstić information content (AvgIpc) is 2.70. The van der Waals surface area contributed by atoms with Crippen LogP contribution >= 0.6 is 0 Å². The van der Waals surface area contributed by atoms with Gasteiger partial charge in [-0.1, -0.05) is 0 Å². The summed E-state index contributed by atoms with van der Waals surface area (Å²) in [6.45, 7) is 6.48. The lowest BCUT2D eigenvalue weighted by Gasteiger charge is -2.40. The minimum Gasteiger partial charge on any atom is -0.337 e. The molecule has 1 aromatic heterocycles. The van der Waals surface area contributed by atoms with Gasteiger partial charge in [-0.25, -0.2) is 4.39 Å². The quantitative estimate of drug-likeness (QED) is 0.675. The van der Waals surface area contributed by atoms with Gasteiger partial charge in [0.05, 0.1) is 5.56 Å². The predicted octanol–water partition coefficient (Wildman–Crippen LogP) is 4.07. The van der Waals surface area contributed by atoms with Crippen LogP contribution in [0.4, 0.5) is 23.2 Å². The van der Waals surface area contributed by atoms with Crippen LogP contribution in [0, 0.1) is 19.7 Å². The second kappa shape index (κ2) is 9.86. The number of amides is 2. The highest BCUT2D eigenvalue weighted by molar-refractivity contribution is 6.04. The van der Waals surface area contributed by atoms with Crippen molar-refractivity contribution in [1.82, 2.24) is 14.8 Å². The number of carbonyl (C=O) groups is 2. The molecule has 10 heteroatoms. The van der Waals surface area contributed by atoms with E-state index in [1.165, 1.54) is 23.2 Å². The molecule has 0 saturated carbocycles. The SMILES string of the molecule is Cc1ccc(C(=O)Nc2cc(F)cc(CN3CCN(C(=O)CC(F)(F)F)C(C)C3)c2C)cn1. The van der Waals surface area contributed by atoms with E-state index in [1.54, 1.807) is 32.9 Å². The zero-order valence-corrected chi connectivity index (χ0v) is 18.7. The molecule has 3 rings (SSSR count). The Morgan fingerprint density at radius 1 is 1.18 bits per heavy atom. The van der Waals surface area contributed by atoms with E-state index in [0.717, 1.165) is 5.69 Å². The highest BCUT2D eigenvalue weighted by atomic mass is 19.4. The molecule has 33 heavy (non-hydrogen) atoms. The Bertz CT molecular complexity index is 1020. The van der Waals surface area contributed by atoms with Crippen molar-refractivity contribution in [2.75, 3.05) is 25.0 Å². The van der Waals surface area contributed by atoms with Gasteiger partial charge >= 0.3 is 6.18 Å². The molecule has 2 heterocycles. The molecule has 2 amide bonds. The molecule has 178 valence electrons. The summed E-state index contributed by atoms with van der Waals surface area (Å²) in [5.41, 5.74) is 2.79. The molecule has 0 aliphatic carbocycles. The lowest BCUT2D eigenvalue weighted by molar-refractivity contribution is -0.164. The summed E-state index contributed by atoms with van der Waals surface area (Å²) < 4.78 is 52.0. The van der Waals surface area contributed by atoms with E-state index >= 15 is 0 Å². The fraction of sp³-hybridized carbons (Fsp3) is 0.435. The number of hydrogen-bond donors (Lipinski definition) is 1. The summed E-state index contributed by atoms with van der Waals surface area (Å²) in [7, 11) is 0. The zero-order valence-electron chi connectivity index (χ0n) is 18.7. The van der Waals surface area contributed by atoms with Crippen molar-refractivity contribution in [2.45, 2.75) is 46.0 Å². The Labute approximate surface area is 189 Å². The van der Waals surface area contributed by atoms with Gasteiger partial charge in [0, 0.05) is 49.8 Å². The van der Waals surface area contributed by atoms with Gasteiger partial charge in [0.15, 0.2) is 0 Å². The van der Waals surface area contributed by atoms with Crippen LogP contribution in [0.1, 0.15) is 40.5 Å². The summed E-state index contributed by atoms with van der Waals surface area (Å²) in [6.07, 6.45) is -4.57. The molecule has 1 aliphatic heterocycles. The number of rotatable bonds is 5. The molecule has 0 bridgehead atoms. The number of benzene rings is 1. The molecular weight excluding hydrogens is 440 g/mol. The summed E-state index contributed by atoms with van der Waals surface area (Å²) in [5, 5.41) is 2.72. The summed E-state index contributed by atoms with van der Waals surface area (Å²) in [4.78, 5) is 31.8. The van der Waals surface area contributed by atoms with Crippen molar-refractivity contribution in [3.63, 3.8) is 0 Å². The van der Waals surface area contributed by atoms with Crippen LogP contribution in [-0.2, 0) is 11.3 Å². The van der Waals surface area contributed by atoms with Gasteiger partial charge in [0.25, 0.3) is 5.91 Å². The number of nitrogens with zero attached hydrogens (tertiary/aromatic N) is 3. The first-order valence-corrected chi connectivity index (χ1v) is 10.5. The predicted molar refractivity (Wildman–Crippen MR) is 115 cm³/mol. The fourth-order valence-electron chi connectivity index (χ4n) is 3.89. The first kappa shape index (κ1) is 24.6. The van der Waals surface area contributed by atoms with Gasteiger partial charge in [0.2, 0.25) is 5.91 Å². The van der Waals surface area contributed by atoms with Gasteiger partial charge in [-0.2, -0.15) is 13.2 Å². The molecule has 2 aromatic rings. The van der Waals surface area contributed by atoms with Gasteiger partial charge in [0.1, 0.15) is 12.2 Å². The van der Waals surface area contributed by atoms with E-state index < -0.39 is 36.3 Å². The Morgan fingerprint density at radius 2 is 1.91 bits per heavy atom. The third-order valence-electron chi connectivity index (χ3n) is 5.68. The Balaban J connectivity index is 1.68. The maximum Gasteiger partial charge on any atom is 0.397 e. The maximum absolute atomic E-state index is 14.3. The van der Waals surface area contributed by atoms with Crippen molar-refractivity contribution in [2.24, 2.45) is 0 Å². The van der Waals surface area contributed by atoms with Crippen LogP contribution in [0.2, 0.25) is 0 Å². The number of nitrogens with one attached hydrogen (secondary N) is 1.